The Labute approximate surface area is 188 Å². The third-order valence-corrected chi connectivity index (χ3v) is 5.47. The summed E-state index contributed by atoms with van der Waals surface area (Å²) >= 11 is 0. The number of nitrogens with two attached hydrogens (primary N) is 1. The van der Waals surface area contributed by atoms with Gasteiger partial charge < -0.3 is 14.5 Å². The molecule has 2 aromatic heterocycles. The van der Waals surface area contributed by atoms with Gasteiger partial charge in [-0.2, -0.15) is 0 Å². The van der Waals surface area contributed by atoms with E-state index < -0.39 is 27.3 Å². The van der Waals surface area contributed by atoms with E-state index in [1.807, 2.05) is 0 Å². The van der Waals surface area contributed by atoms with Crippen LogP contribution in [0.3, 0.4) is 0 Å². The number of halogens is 1. The smallest absolute Gasteiger partial charge is 0.340 e. The molecule has 0 fully saturated rings. The summed E-state index contributed by atoms with van der Waals surface area (Å²) in [6, 6.07) is 11.2. The number of sulfonamides is 1. The zero-order valence-corrected chi connectivity index (χ0v) is 18.2. The number of rotatable bonds is 7. The summed E-state index contributed by atoms with van der Waals surface area (Å²) in [6.07, 6.45) is 3.04. The van der Waals surface area contributed by atoms with Crippen molar-refractivity contribution in [2.24, 2.45) is 5.14 Å². The standard InChI is InChI=1S/C22H19FN4O5S/c1-13-16-7-6-15(31-22-25-8-3-9-26-22)11-19(16)32-21(28)17(13)10-14-4-2-5-18(20(14)23)27-12-33(24,29)30/h2-9,11,27H,10,12H2,1H3,(H2,24,29,30). The molecule has 9 nitrogen and oxygen atoms in total. The van der Waals surface area contributed by atoms with Gasteiger partial charge in [0, 0.05) is 35.8 Å². The Bertz CT molecular complexity index is 1490. The highest BCUT2D eigenvalue weighted by Crippen LogP contribution is 2.28. The number of aromatic nitrogens is 2. The predicted molar refractivity (Wildman–Crippen MR) is 120 cm³/mol. The van der Waals surface area contributed by atoms with E-state index in [0.717, 1.165) is 0 Å². The van der Waals surface area contributed by atoms with Gasteiger partial charge in [-0.1, -0.05) is 12.1 Å². The second kappa shape index (κ2) is 8.96. The van der Waals surface area contributed by atoms with Crippen LogP contribution in [0.2, 0.25) is 0 Å². The Morgan fingerprint density at radius 3 is 2.64 bits per heavy atom. The molecule has 0 aliphatic carbocycles. The molecule has 11 heteroatoms. The largest absolute Gasteiger partial charge is 0.424 e. The van der Waals surface area contributed by atoms with Gasteiger partial charge >= 0.3 is 11.6 Å². The molecule has 170 valence electrons. The second-order valence-corrected chi connectivity index (χ2v) is 8.84. The molecule has 33 heavy (non-hydrogen) atoms. The maximum atomic E-state index is 14.9. The molecule has 4 rings (SSSR count). The van der Waals surface area contributed by atoms with E-state index in [0.29, 0.717) is 22.3 Å². The second-order valence-electron chi connectivity index (χ2n) is 7.22. The van der Waals surface area contributed by atoms with Gasteiger partial charge in [0.2, 0.25) is 10.0 Å². The van der Waals surface area contributed by atoms with Crippen molar-refractivity contribution in [2.45, 2.75) is 13.3 Å². The molecule has 2 heterocycles. The van der Waals surface area contributed by atoms with E-state index in [9.17, 15) is 17.6 Å². The molecule has 0 saturated carbocycles. The van der Waals surface area contributed by atoms with E-state index in [-0.39, 0.29) is 29.2 Å². The SMILES string of the molecule is Cc1c(Cc2cccc(NCS(N)(=O)=O)c2F)c(=O)oc2cc(Oc3ncccn3)ccc12. The van der Waals surface area contributed by atoms with E-state index in [1.165, 1.54) is 12.1 Å². The first-order valence-corrected chi connectivity index (χ1v) is 11.5. The molecule has 0 radical (unpaired) electrons. The molecule has 0 atom stereocenters. The molecule has 4 aromatic rings. The lowest BCUT2D eigenvalue weighted by Gasteiger charge is -2.12. The number of anilines is 1. The maximum absolute atomic E-state index is 14.9. The number of nitrogens with zero attached hydrogens (tertiary/aromatic N) is 2. The Morgan fingerprint density at radius 1 is 1.15 bits per heavy atom. The van der Waals surface area contributed by atoms with Crippen LogP contribution in [-0.4, -0.2) is 24.3 Å². The van der Waals surface area contributed by atoms with Crippen molar-refractivity contribution in [3.8, 4) is 11.8 Å². The quantitative estimate of drug-likeness (QED) is 0.393. The number of ether oxygens (including phenoxy) is 1. The van der Waals surface area contributed by atoms with Crippen molar-refractivity contribution in [3.05, 3.63) is 87.8 Å². The lowest BCUT2D eigenvalue weighted by atomic mass is 9.99. The third kappa shape index (κ3) is 5.16. The summed E-state index contributed by atoms with van der Waals surface area (Å²) in [5.41, 5.74) is 0.768. The molecule has 0 saturated heterocycles. The van der Waals surface area contributed by atoms with Crippen molar-refractivity contribution < 1.29 is 22.0 Å². The number of primary sulfonamides is 1. The number of hydrogen-bond acceptors (Lipinski definition) is 8. The van der Waals surface area contributed by atoms with Gasteiger partial charge in [0.15, 0.2) is 0 Å². The van der Waals surface area contributed by atoms with E-state index >= 15 is 0 Å². The van der Waals surface area contributed by atoms with Crippen LogP contribution in [0.1, 0.15) is 16.7 Å². The van der Waals surface area contributed by atoms with E-state index in [1.54, 1.807) is 49.6 Å². The van der Waals surface area contributed by atoms with Gasteiger partial charge in [0.05, 0.1) is 5.69 Å². The van der Waals surface area contributed by atoms with Crippen LogP contribution in [0.15, 0.2) is 64.1 Å². The van der Waals surface area contributed by atoms with Crippen molar-refractivity contribution in [1.29, 1.82) is 0 Å². The number of fused-ring (bicyclic) bond motifs is 1. The summed E-state index contributed by atoms with van der Waals surface area (Å²) in [7, 11) is -3.83. The fourth-order valence-electron chi connectivity index (χ4n) is 3.31. The fourth-order valence-corrected chi connectivity index (χ4v) is 3.66. The monoisotopic (exact) mass is 470 g/mol. The molecule has 0 spiro atoms. The van der Waals surface area contributed by atoms with Gasteiger partial charge in [0.1, 0.15) is 23.0 Å². The number of nitrogens with one attached hydrogen (secondary N) is 1. The fraction of sp³-hybridized carbons (Fsp3) is 0.136. The summed E-state index contributed by atoms with van der Waals surface area (Å²) in [5.74, 6) is -0.904. The summed E-state index contributed by atoms with van der Waals surface area (Å²) in [5, 5.41) is 8.07. The van der Waals surface area contributed by atoms with E-state index in [2.05, 4.69) is 15.3 Å². The molecule has 0 bridgehead atoms. The molecule has 0 aliphatic heterocycles. The maximum Gasteiger partial charge on any atom is 0.340 e. The Balaban J connectivity index is 1.65. The van der Waals surface area contributed by atoms with Crippen molar-refractivity contribution in [3.63, 3.8) is 0 Å². The predicted octanol–water partition coefficient (Wildman–Crippen LogP) is 3.07. The van der Waals surface area contributed by atoms with Crippen LogP contribution in [0.4, 0.5) is 10.1 Å². The molecular weight excluding hydrogens is 451 g/mol. The minimum atomic E-state index is -3.83. The Kier molecular flexibility index (Phi) is 6.07. The van der Waals surface area contributed by atoms with Gasteiger partial charge in [0.25, 0.3) is 0 Å². The molecule has 3 N–H and O–H groups in total. The van der Waals surface area contributed by atoms with Crippen LogP contribution in [0, 0.1) is 12.7 Å². The van der Waals surface area contributed by atoms with Crippen LogP contribution < -0.4 is 20.8 Å². The zero-order chi connectivity index (χ0) is 23.6. The summed E-state index contributed by atoms with van der Waals surface area (Å²) in [4.78, 5) is 20.7. The first kappa shape index (κ1) is 22.4. The molecule has 0 amide bonds. The summed E-state index contributed by atoms with van der Waals surface area (Å²) in [6.45, 7) is 1.75. The minimum Gasteiger partial charge on any atom is -0.424 e. The van der Waals surface area contributed by atoms with Crippen molar-refractivity contribution in [2.75, 3.05) is 11.2 Å². The number of hydrogen-bond donors (Lipinski definition) is 2. The van der Waals surface area contributed by atoms with E-state index in [4.69, 9.17) is 14.3 Å². The van der Waals surface area contributed by atoms with Crippen molar-refractivity contribution in [1.82, 2.24) is 9.97 Å². The average Bonchev–Trinajstić information content (AvgIpc) is 2.77. The Morgan fingerprint density at radius 2 is 1.91 bits per heavy atom. The topological polar surface area (TPSA) is 137 Å². The lowest BCUT2D eigenvalue weighted by Crippen LogP contribution is -2.22. The van der Waals surface area contributed by atoms with Crippen LogP contribution >= 0.6 is 0 Å². The van der Waals surface area contributed by atoms with Crippen LogP contribution in [-0.2, 0) is 16.4 Å². The lowest BCUT2D eigenvalue weighted by molar-refractivity contribution is 0.440. The molecular formula is C22H19FN4O5S. The molecule has 0 unspecified atom stereocenters. The highest BCUT2D eigenvalue weighted by molar-refractivity contribution is 7.89. The minimum absolute atomic E-state index is 0.0331. The molecule has 0 aliphatic rings. The summed E-state index contributed by atoms with van der Waals surface area (Å²) < 4.78 is 48.3. The normalized spacial score (nSPS) is 11.5. The molecule has 2 aromatic carbocycles. The van der Waals surface area contributed by atoms with Gasteiger partial charge in [-0.3, -0.25) is 0 Å². The Hall–Kier alpha value is -3.83. The highest BCUT2D eigenvalue weighted by Gasteiger charge is 2.17. The number of benzene rings is 2. The third-order valence-electron chi connectivity index (χ3n) is 4.92. The van der Waals surface area contributed by atoms with Gasteiger partial charge in [-0.05, 0) is 42.3 Å². The first-order chi connectivity index (χ1) is 15.7. The highest BCUT2D eigenvalue weighted by atomic mass is 32.2. The first-order valence-electron chi connectivity index (χ1n) is 9.74. The van der Waals surface area contributed by atoms with Gasteiger partial charge in [-0.15, -0.1) is 0 Å². The zero-order valence-electron chi connectivity index (χ0n) is 17.4. The average molecular weight is 470 g/mol. The number of aryl methyl sites for hydroxylation is 1. The van der Waals surface area contributed by atoms with Crippen LogP contribution in [0.25, 0.3) is 11.0 Å². The van der Waals surface area contributed by atoms with Crippen molar-refractivity contribution >= 4 is 26.7 Å². The van der Waals surface area contributed by atoms with Crippen LogP contribution in [0.5, 0.6) is 11.8 Å². The van der Waals surface area contributed by atoms with Gasteiger partial charge in [-0.25, -0.2) is 32.7 Å².